The summed E-state index contributed by atoms with van der Waals surface area (Å²) in [4.78, 5) is 26.2. The molecule has 0 radical (unpaired) electrons. The maximum atomic E-state index is 13.6. The number of carbonyl (C=O) groups excluding carboxylic acids is 2. The van der Waals surface area contributed by atoms with Crippen molar-refractivity contribution in [3.05, 3.63) is 106 Å². The van der Waals surface area contributed by atoms with Crippen LogP contribution in [-0.2, 0) is 26.2 Å². The van der Waals surface area contributed by atoms with Gasteiger partial charge in [0.2, 0.25) is 5.91 Å². The predicted molar refractivity (Wildman–Crippen MR) is 121 cm³/mol. The van der Waals surface area contributed by atoms with E-state index in [0.717, 1.165) is 21.2 Å². The Kier molecular flexibility index (Phi) is 7.06. The number of methoxy groups -OCH3 is 1. The summed E-state index contributed by atoms with van der Waals surface area (Å²) in [7, 11) is 1.33. The van der Waals surface area contributed by atoms with Crippen molar-refractivity contribution < 1.29 is 14.3 Å². The van der Waals surface area contributed by atoms with Crippen molar-refractivity contribution in [3.63, 3.8) is 0 Å². The molecule has 4 nitrogen and oxygen atoms in total. The molecule has 0 spiro atoms. The Morgan fingerprint density at radius 3 is 1.90 bits per heavy atom. The van der Waals surface area contributed by atoms with Crippen LogP contribution in [0, 0.1) is 0 Å². The van der Waals surface area contributed by atoms with Crippen molar-refractivity contribution in [2.24, 2.45) is 0 Å². The summed E-state index contributed by atoms with van der Waals surface area (Å²) in [5.74, 6) is -0.745. The second-order valence-corrected chi connectivity index (χ2v) is 8.06. The van der Waals surface area contributed by atoms with Crippen molar-refractivity contribution in [1.29, 1.82) is 0 Å². The molecular formula is C25H24BrNO3. The molecule has 30 heavy (non-hydrogen) atoms. The molecule has 5 heteroatoms. The Morgan fingerprint density at radius 2 is 1.40 bits per heavy atom. The van der Waals surface area contributed by atoms with Gasteiger partial charge in [-0.2, -0.15) is 0 Å². The molecule has 0 fully saturated rings. The zero-order valence-corrected chi connectivity index (χ0v) is 18.6. The van der Waals surface area contributed by atoms with Crippen molar-refractivity contribution >= 4 is 27.8 Å². The lowest BCUT2D eigenvalue weighted by molar-refractivity contribution is -0.145. The van der Waals surface area contributed by atoms with E-state index in [2.05, 4.69) is 21.2 Å². The molecule has 0 heterocycles. The predicted octanol–water partition coefficient (Wildman–Crippen LogP) is 4.66. The number of rotatable bonds is 7. The van der Waals surface area contributed by atoms with Gasteiger partial charge >= 0.3 is 5.97 Å². The second-order valence-electron chi connectivity index (χ2n) is 7.20. The highest BCUT2D eigenvalue weighted by atomic mass is 79.9. The molecule has 0 bridgehead atoms. The number of hydrogen-bond acceptors (Lipinski definition) is 3. The number of ether oxygens (including phenoxy) is 1. The molecule has 0 aliphatic rings. The lowest BCUT2D eigenvalue weighted by Crippen LogP contribution is -2.51. The van der Waals surface area contributed by atoms with Crippen LogP contribution in [0.25, 0.3) is 0 Å². The lowest BCUT2D eigenvalue weighted by Gasteiger charge is -2.31. The third kappa shape index (κ3) is 4.62. The average Bonchev–Trinajstić information content (AvgIpc) is 2.80. The minimum Gasteiger partial charge on any atom is -0.467 e. The van der Waals surface area contributed by atoms with Gasteiger partial charge in [-0.1, -0.05) is 94.8 Å². The van der Waals surface area contributed by atoms with Gasteiger partial charge in [-0.3, -0.25) is 4.79 Å². The van der Waals surface area contributed by atoms with E-state index in [4.69, 9.17) is 4.74 Å². The van der Waals surface area contributed by atoms with Gasteiger partial charge in [-0.25, -0.2) is 4.79 Å². The van der Waals surface area contributed by atoms with Gasteiger partial charge in [0, 0.05) is 10.9 Å². The van der Waals surface area contributed by atoms with E-state index in [-0.39, 0.29) is 5.91 Å². The summed E-state index contributed by atoms with van der Waals surface area (Å²) in [6, 6.07) is 26.0. The first-order valence-electron chi connectivity index (χ1n) is 9.70. The van der Waals surface area contributed by atoms with Crippen molar-refractivity contribution in [1.82, 2.24) is 5.32 Å². The topological polar surface area (TPSA) is 55.4 Å². The van der Waals surface area contributed by atoms with Gasteiger partial charge in [-0.05, 0) is 29.7 Å². The maximum absolute atomic E-state index is 13.6. The molecule has 1 amide bonds. The Balaban J connectivity index is 1.97. The van der Waals surface area contributed by atoms with Gasteiger partial charge in [-0.15, -0.1) is 0 Å². The van der Waals surface area contributed by atoms with E-state index in [9.17, 15) is 9.59 Å². The minimum absolute atomic E-state index is 0.262. The Labute approximate surface area is 185 Å². The van der Waals surface area contributed by atoms with E-state index in [0.29, 0.717) is 6.42 Å². The first kappa shape index (κ1) is 21.8. The minimum atomic E-state index is -0.970. The zero-order chi connectivity index (χ0) is 21.6. The fourth-order valence-corrected chi connectivity index (χ4v) is 3.94. The molecule has 1 atom stereocenters. The first-order valence-corrected chi connectivity index (χ1v) is 10.5. The second kappa shape index (κ2) is 9.72. The molecule has 3 rings (SSSR count). The van der Waals surface area contributed by atoms with Gasteiger partial charge in [0.25, 0.3) is 0 Å². The van der Waals surface area contributed by atoms with Crippen LogP contribution in [0.2, 0.25) is 0 Å². The van der Waals surface area contributed by atoms with Crippen molar-refractivity contribution in [2.45, 2.75) is 24.8 Å². The summed E-state index contributed by atoms with van der Waals surface area (Å²) >= 11 is 3.51. The van der Waals surface area contributed by atoms with Crippen LogP contribution in [-0.4, -0.2) is 25.0 Å². The lowest BCUT2D eigenvalue weighted by atomic mass is 9.75. The average molecular weight is 466 g/mol. The van der Waals surface area contributed by atoms with Gasteiger partial charge in [0.1, 0.15) is 6.04 Å². The number of esters is 1. The van der Waals surface area contributed by atoms with Crippen LogP contribution >= 0.6 is 15.9 Å². The summed E-state index contributed by atoms with van der Waals surface area (Å²) in [5, 5.41) is 2.95. The molecule has 0 saturated heterocycles. The van der Waals surface area contributed by atoms with Crippen LogP contribution in [0.1, 0.15) is 23.6 Å². The third-order valence-corrected chi connectivity index (χ3v) is 6.10. The van der Waals surface area contributed by atoms with Crippen LogP contribution < -0.4 is 5.32 Å². The Morgan fingerprint density at radius 1 is 0.900 bits per heavy atom. The van der Waals surface area contributed by atoms with Crippen LogP contribution in [0.5, 0.6) is 0 Å². The Bertz CT molecular complexity index is 966. The number of carbonyl (C=O) groups is 2. The van der Waals surface area contributed by atoms with Gasteiger partial charge in [0.05, 0.1) is 12.5 Å². The van der Waals surface area contributed by atoms with Crippen LogP contribution in [0.3, 0.4) is 0 Å². The van der Waals surface area contributed by atoms with Gasteiger partial charge in [0.15, 0.2) is 0 Å². The zero-order valence-electron chi connectivity index (χ0n) is 17.0. The molecule has 3 aromatic rings. The van der Waals surface area contributed by atoms with E-state index in [1.54, 1.807) is 0 Å². The highest BCUT2D eigenvalue weighted by Gasteiger charge is 2.39. The summed E-state index contributed by atoms with van der Waals surface area (Å²) < 4.78 is 5.86. The van der Waals surface area contributed by atoms with E-state index < -0.39 is 17.4 Å². The Hall–Kier alpha value is -2.92. The van der Waals surface area contributed by atoms with Crippen LogP contribution in [0.15, 0.2) is 89.4 Å². The maximum Gasteiger partial charge on any atom is 0.328 e. The van der Waals surface area contributed by atoms with E-state index in [1.807, 2.05) is 91.9 Å². The largest absolute Gasteiger partial charge is 0.467 e. The molecule has 3 aromatic carbocycles. The fourth-order valence-electron chi connectivity index (χ4n) is 3.49. The standard InChI is InChI=1S/C25H24BrNO3/c1-25(19-12-5-3-6-13-19,20-14-7-4-8-15-20)24(29)27-22(23(28)30-2)17-18-11-9-10-16-21(18)26/h3-16,22H,17H2,1-2H3,(H,27,29)/t22-/m1/s1. The van der Waals surface area contributed by atoms with E-state index >= 15 is 0 Å². The normalized spacial score (nSPS) is 12.1. The van der Waals surface area contributed by atoms with Crippen molar-refractivity contribution in [3.8, 4) is 0 Å². The highest BCUT2D eigenvalue weighted by Crippen LogP contribution is 2.32. The van der Waals surface area contributed by atoms with E-state index in [1.165, 1.54) is 7.11 Å². The summed E-state index contributed by atoms with van der Waals surface area (Å²) in [5.41, 5.74) is 1.63. The third-order valence-electron chi connectivity index (χ3n) is 5.33. The SMILES string of the molecule is COC(=O)[C@@H](Cc1ccccc1Br)NC(=O)C(C)(c1ccccc1)c1ccccc1. The number of hydrogen-bond donors (Lipinski definition) is 1. The molecular weight excluding hydrogens is 442 g/mol. The van der Waals surface area contributed by atoms with Crippen LogP contribution in [0.4, 0.5) is 0 Å². The highest BCUT2D eigenvalue weighted by molar-refractivity contribution is 9.10. The monoisotopic (exact) mass is 465 g/mol. The smallest absolute Gasteiger partial charge is 0.328 e. The summed E-state index contributed by atoms with van der Waals surface area (Å²) in [6.45, 7) is 1.87. The van der Waals surface area contributed by atoms with Gasteiger partial charge < -0.3 is 10.1 Å². The first-order chi connectivity index (χ1) is 14.5. The molecule has 0 aromatic heterocycles. The number of nitrogens with one attached hydrogen (secondary N) is 1. The molecule has 0 unspecified atom stereocenters. The quantitative estimate of drug-likeness (QED) is 0.516. The molecule has 0 aliphatic heterocycles. The molecule has 0 saturated carbocycles. The van der Waals surface area contributed by atoms with Crippen molar-refractivity contribution in [2.75, 3.05) is 7.11 Å². The summed E-state index contributed by atoms with van der Waals surface area (Å²) in [6.07, 6.45) is 0.319. The number of amides is 1. The molecule has 1 N–H and O–H groups in total. The molecule has 154 valence electrons. The molecule has 0 aliphatic carbocycles. The fraction of sp³-hybridized carbons (Fsp3) is 0.200. The number of benzene rings is 3. The number of halogens is 1.